The van der Waals surface area contributed by atoms with Crippen LogP contribution < -0.4 is 10.6 Å². The lowest BCUT2D eigenvalue weighted by atomic mass is 10.2. The predicted octanol–water partition coefficient (Wildman–Crippen LogP) is 8.16. The molecule has 0 amide bonds. The summed E-state index contributed by atoms with van der Waals surface area (Å²) in [5, 5.41) is 3.83. The van der Waals surface area contributed by atoms with E-state index in [9.17, 15) is 13.0 Å². The molecule has 0 atom stereocenters. The van der Waals surface area contributed by atoms with Gasteiger partial charge in [0.25, 0.3) is 0 Å². The molecule has 6 rings (SSSR count). The fourth-order valence-corrected chi connectivity index (χ4v) is 8.74. The van der Waals surface area contributed by atoms with E-state index in [4.69, 9.17) is 0 Å². The van der Waals surface area contributed by atoms with Gasteiger partial charge < -0.3 is 9.13 Å². The second-order valence-corrected chi connectivity index (χ2v) is 14.8. The third-order valence-electron chi connectivity index (χ3n) is 7.44. The van der Waals surface area contributed by atoms with Crippen LogP contribution in [0.3, 0.4) is 0 Å². The average molecular weight is 586 g/mol. The Hall–Kier alpha value is -4.70. The van der Waals surface area contributed by atoms with Crippen molar-refractivity contribution in [2.45, 2.75) is 4.90 Å². The Morgan fingerprint density at radius 2 is 1.05 bits per heavy atom. The van der Waals surface area contributed by atoms with Gasteiger partial charge in [-0.05, 0) is 42.5 Å². The van der Waals surface area contributed by atoms with E-state index in [1.54, 1.807) is 48.5 Å². The molecule has 1 heterocycles. The average Bonchev–Trinajstić information content (AvgIpc) is 3.38. The zero-order chi connectivity index (χ0) is 29.3. The van der Waals surface area contributed by atoms with Crippen molar-refractivity contribution in [3.63, 3.8) is 0 Å². The molecule has 4 nitrogen and oxygen atoms in total. The van der Waals surface area contributed by atoms with E-state index in [-0.39, 0.29) is 9.80 Å². The number of hydrogen-bond donors (Lipinski definition) is 0. The normalized spacial score (nSPS) is 12.2. The lowest BCUT2D eigenvalue weighted by molar-refractivity contribution is 0.591. The first-order valence-electron chi connectivity index (χ1n) is 13.4. The molecule has 0 aliphatic rings. The van der Waals surface area contributed by atoms with Crippen LogP contribution in [-0.4, -0.2) is 13.0 Å². The summed E-state index contributed by atoms with van der Waals surface area (Å²) in [6.07, 6.45) is 2.89. The molecule has 0 radical (unpaired) electrons. The topological polar surface area (TPSA) is 56.1 Å². The minimum Gasteiger partial charge on any atom is -0.309 e. The van der Waals surface area contributed by atoms with Gasteiger partial charge in [0.15, 0.2) is 7.14 Å². The Bertz CT molecular complexity index is 2050. The number of sulfone groups is 1. The molecule has 0 fully saturated rings. The maximum atomic E-state index is 14.5. The van der Waals surface area contributed by atoms with Crippen molar-refractivity contribution in [2.75, 3.05) is 0 Å². The van der Waals surface area contributed by atoms with Gasteiger partial charge in [-0.3, -0.25) is 0 Å². The van der Waals surface area contributed by atoms with Crippen LogP contribution in [-0.2, 0) is 14.4 Å². The Balaban J connectivity index is 1.31. The number of aromatic nitrogens is 1. The third kappa shape index (κ3) is 4.67. The van der Waals surface area contributed by atoms with Crippen LogP contribution in [0, 0.1) is 0 Å². The summed E-state index contributed by atoms with van der Waals surface area (Å²) in [6, 6.07) is 41.4. The van der Waals surface area contributed by atoms with Gasteiger partial charge in [0.1, 0.15) is 0 Å². The molecule has 0 N–H and O–H groups in total. The molecule has 0 aliphatic heterocycles. The molecule has 6 heteroatoms. The molecule has 0 saturated carbocycles. The minimum atomic E-state index is -3.90. The lowest BCUT2D eigenvalue weighted by Crippen LogP contribution is -2.16. The Morgan fingerprint density at radius 3 is 1.55 bits per heavy atom. The Labute approximate surface area is 245 Å². The van der Waals surface area contributed by atoms with Gasteiger partial charge in [0.05, 0.1) is 20.8 Å². The van der Waals surface area contributed by atoms with E-state index in [0.717, 1.165) is 27.5 Å². The predicted molar refractivity (Wildman–Crippen MR) is 175 cm³/mol. The van der Waals surface area contributed by atoms with E-state index in [1.165, 1.54) is 12.2 Å². The third-order valence-corrected chi connectivity index (χ3v) is 12.2. The Kier molecular flexibility index (Phi) is 7.16. The van der Waals surface area contributed by atoms with Crippen LogP contribution in [0.2, 0.25) is 0 Å². The van der Waals surface area contributed by atoms with Crippen molar-refractivity contribution in [3.05, 3.63) is 169 Å². The zero-order valence-electron chi connectivity index (χ0n) is 22.8. The highest BCUT2D eigenvalue weighted by Gasteiger charge is 2.29. The van der Waals surface area contributed by atoms with Crippen molar-refractivity contribution in [1.29, 1.82) is 0 Å². The number of benzene rings is 5. The molecule has 0 unspecified atom stereocenters. The monoisotopic (exact) mass is 585 g/mol. The molecule has 5 aromatic carbocycles. The van der Waals surface area contributed by atoms with Crippen LogP contribution in [0.25, 0.3) is 27.5 Å². The molecule has 6 aromatic rings. The maximum absolute atomic E-state index is 14.5. The van der Waals surface area contributed by atoms with Crippen LogP contribution in [0.4, 0.5) is 0 Å². The summed E-state index contributed by atoms with van der Waals surface area (Å²) < 4.78 is 43.6. The molecule has 0 spiro atoms. The van der Waals surface area contributed by atoms with Gasteiger partial charge in [-0.25, -0.2) is 8.42 Å². The van der Waals surface area contributed by atoms with E-state index in [0.29, 0.717) is 15.9 Å². The highest BCUT2D eigenvalue weighted by molar-refractivity contribution is 7.95. The van der Waals surface area contributed by atoms with Gasteiger partial charge in [0.2, 0.25) is 9.84 Å². The molecular formula is C36H28NO3PS. The largest absolute Gasteiger partial charge is 0.309 e. The van der Waals surface area contributed by atoms with Crippen molar-refractivity contribution in [1.82, 2.24) is 4.57 Å². The van der Waals surface area contributed by atoms with Crippen molar-refractivity contribution >= 4 is 49.4 Å². The molecular weight excluding hydrogens is 557 g/mol. The van der Waals surface area contributed by atoms with E-state index in [2.05, 4.69) is 42.0 Å². The number of allylic oxidation sites excluding steroid dienone is 3. The first-order valence-corrected chi connectivity index (χ1v) is 16.6. The van der Waals surface area contributed by atoms with Gasteiger partial charge >= 0.3 is 0 Å². The van der Waals surface area contributed by atoms with Crippen molar-refractivity contribution < 1.29 is 13.0 Å². The number of hydrogen-bond acceptors (Lipinski definition) is 3. The van der Waals surface area contributed by atoms with Crippen LogP contribution in [0.5, 0.6) is 0 Å². The van der Waals surface area contributed by atoms with Crippen molar-refractivity contribution in [3.8, 4) is 5.69 Å². The summed E-state index contributed by atoms with van der Waals surface area (Å²) in [5.74, 6) is 0. The van der Waals surface area contributed by atoms with Crippen LogP contribution >= 0.6 is 7.14 Å². The van der Waals surface area contributed by atoms with Gasteiger partial charge in [-0.2, -0.15) is 0 Å². The molecule has 1 aromatic heterocycles. The SMILES string of the molecule is C=C(/C=C\C(=C)S(=O)(=O)c1ccc(-n2c3ccccc3c3ccccc32)cc1)P(=O)(c1ccccc1)c1ccccc1. The van der Waals surface area contributed by atoms with E-state index >= 15 is 0 Å². The smallest absolute Gasteiger partial charge is 0.206 e. The number of para-hydroxylation sites is 2. The molecule has 0 saturated heterocycles. The Morgan fingerprint density at radius 1 is 0.595 bits per heavy atom. The van der Waals surface area contributed by atoms with Gasteiger partial charge in [0, 0.05) is 32.4 Å². The fourth-order valence-electron chi connectivity index (χ4n) is 5.27. The minimum absolute atomic E-state index is 0.110. The van der Waals surface area contributed by atoms with Gasteiger partial charge in [-0.1, -0.05) is 116 Å². The first-order chi connectivity index (χ1) is 20.3. The standard InChI is InChI=1S/C36H28NO3PS/c1-27(41(38,30-13-5-3-6-14-30)31-15-7-4-8-16-31)21-22-28(2)42(39,40)32-25-23-29(24-26-32)37-35-19-11-9-17-33(35)34-18-10-12-20-36(34)37/h3-26H,1-2H2/b22-21-. The number of nitrogens with zero attached hydrogens (tertiary/aromatic N) is 1. The molecule has 0 aliphatic carbocycles. The second kappa shape index (κ2) is 10.9. The number of rotatable bonds is 8. The molecule has 42 heavy (non-hydrogen) atoms. The van der Waals surface area contributed by atoms with E-state index in [1.807, 2.05) is 60.7 Å². The van der Waals surface area contributed by atoms with Gasteiger partial charge in [-0.15, -0.1) is 0 Å². The highest BCUT2D eigenvalue weighted by Crippen LogP contribution is 2.51. The summed E-state index contributed by atoms with van der Waals surface area (Å²) in [4.78, 5) is 0.0162. The van der Waals surface area contributed by atoms with Crippen LogP contribution in [0.1, 0.15) is 0 Å². The summed E-state index contributed by atoms with van der Waals surface area (Å²) in [7, 11) is -7.19. The lowest BCUT2D eigenvalue weighted by Gasteiger charge is -2.20. The first kappa shape index (κ1) is 27.5. The second-order valence-electron chi connectivity index (χ2n) is 9.94. The van der Waals surface area contributed by atoms with Crippen molar-refractivity contribution in [2.24, 2.45) is 0 Å². The summed E-state index contributed by atoms with van der Waals surface area (Å²) in [6.45, 7) is 7.95. The highest BCUT2D eigenvalue weighted by atomic mass is 32.2. The maximum Gasteiger partial charge on any atom is 0.206 e. The zero-order valence-corrected chi connectivity index (χ0v) is 24.5. The fraction of sp³-hybridized carbons (Fsp3) is 0. The quantitative estimate of drug-likeness (QED) is 0.134. The molecule has 0 bridgehead atoms. The van der Waals surface area contributed by atoms with E-state index < -0.39 is 17.0 Å². The number of fused-ring (bicyclic) bond motifs is 3. The van der Waals surface area contributed by atoms with Crippen LogP contribution in [0.15, 0.2) is 174 Å². The summed E-state index contributed by atoms with van der Waals surface area (Å²) >= 11 is 0. The summed E-state index contributed by atoms with van der Waals surface area (Å²) in [5.41, 5.74) is 2.94. The molecule has 206 valence electrons.